The zero-order chi connectivity index (χ0) is 13.4. The Morgan fingerprint density at radius 3 is 2.89 bits per heavy atom. The van der Waals surface area contributed by atoms with Gasteiger partial charge >= 0.3 is 5.97 Å². The molecular weight excluding hydrogens is 254 g/mol. The van der Waals surface area contributed by atoms with Gasteiger partial charge in [0.05, 0.1) is 6.61 Å². The number of ether oxygens (including phenoxy) is 2. The molecule has 4 nitrogen and oxygen atoms in total. The van der Waals surface area contributed by atoms with E-state index in [1.165, 1.54) is 0 Å². The van der Waals surface area contributed by atoms with Crippen molar-refractivity contribution >= 4 is 17.6 Å². The molecule has 0 atom stereocenters. The van der Waals surface area contributed by atoms with E-state index in [9.17, 15) is 4.79 Å². The van der Waals surface area contributed by atoms with E-state index in [0.29, 0.717) is 23.9 Å². The lowest BCUT2D eigenvalue weighted by Crippen LogP contribution is -2.16. The normalized spacial score (nSPS) is 10.2. The van der Waals surface area contributed by atoms with Crippen molar-refractivity contribution in [3.8, 4) is 5.75 Å². The number of benzene rings is 1. The van der Waals surface area contributed by atoms with Gasteiger partial charge in [0.15, 0.2) is 6.61 Å². The van der Waals surface area contributed by atoms with Gasteiger partial charge in [-0.15, -0.1) is 0 Å². The Balaban J connectivity index is 2.45. The van der Waals surface area contributed by atoms with E-state index < -0.39 is 0 Å². The molecule has 5 heteroatoms. The van der Waals surface area contributed by atoms with Gasteiger partial charge in [-0.05, 0) is 24.6 Å². The number of unbranched alkanes of at least 4 members (excludes halogenated alkanes) is 1. The van der Waals surface area contributed by atoms with Gasteiger partial charge in [0.1, 0.15) is 5.75 Å². The molecule has 0 saturated carbocycles. The SMILES string of the molecule is CCCCOC(=O)COc1ccc(Cl)cc1CN. The fourth-order valence-electron chi connectivity index (χ4n) is 1.36. The van der Waals surface area contributed by atoms with Gasteiger partial charge in [0.25, 0.3) is 0 Å². The summed E-state index contributed by atoms with van der Waals surface area (Å²) in [5, 5.41) is 0.591. The Hall–Kier alpha value is -1.26. The number of carbonyl (C=O) groups excluding carboxylic acids is 1. The summed E-state index contributed by atoms with van der Waals surface area (Å²) < 4.78 is 10.3. The molecular formula is C13H18ClNO3. The molecule has 18 heavy (non-hydrogen) atoms. The number of halogens is 1. The van der Waals surface area contributed by atoms with Gasteiger partial charge in [-0.3, -0.25) is 0 Å². The van der Waals surface area contributed by atoms with Gasteiger partial charge in [-0.2, -0.15) is 0 Å². The first-order valence-electron chi connectivity index (χ1n) is 5.94. The molecule has 0 fully saturated rings. The predicted molar refractivity (Wildman–Crippen MR) is 70.7 cm³/mol. The molecule has 0 saturated heterocycles. The summed E-state index contributed by atoms with van der Waals surface area (Å²) in [7, 11) is 0. The van der Waals surface area contributed by atoms with Crippen molar-refractivity contribution in [2.24, 2.45) is 5.73 Å². The van der Waals surface area contributed by atoms with Crippen LogP contribution in [0.5, 0.6) is 5.75 Å². The molecule has 1 rings (SSSR count). The summed E-state index contributed by atoms with van der Waals surface area (Å²) in [6.45, 7) is 2.66. The van der Waals surface area contributed by atoms with Crippen LogP contribution in [-0.4, -0.2) is 19.2 Å². The van der Waals surface area contributed by atoms with Gasteiger partial charge in [0.2, 0.25) is 0 Å². The Morgan fingerprint density at radius 1 is 1.44 bits per heavy atom. The maximum absolute atomic E-state index is 11.4. The predicted octanol–water partition coefficient (Wildman–Crippen LogP) is 2.52. The van der Waals surface area contributed by atoms with Crippen LogP contribution in [0.4, 0.5) is 0 Å². The van der Waals surface area contributed by atoms with Crippen LogP contribution < -0.4 is 10.5 Å². The lowest BCUT2D eigenvalue weighted by atomic mass is 10.2. The minimum absolute atomic E-state index is 0.113. The third-order valence-electron chi connectivity index (χ3n) is 2.35. The van der Waals surface area contributed by atoms with Gasteiger partial charge in [0, 0.05) is 17.1 Å². The number of rotatable bonds is 7. The van der Waals surface area contributed by atoms with Crippen molar-refractivity contribution in [3.05, 3.63) is 28.8 Å². The number of esters is 1. The Labute approximate surface area is 112 Å². The van der Waals surface area contributed by atoms with Crippen LogP contribution in [0.1, 0.15) is 25.3 Å². The summed E-state index contributed by atoms with van der Waals surface area (Å²) in [5.41, 5.74) is 6.34. The molecule has 0 aliphatic heterocycles. The molecule has 0 aliphatic rings. The first-order chi connectivity index (χ1) is 8.67. The minimum Gasteiger partial charge on any atom is -0.482 e. The average Bonchev–Trinajstić information content (AvgIpc) is 2.37. The maximum Gasteiger partial charge on any atom is 0.344 e. The van der Waals surface area contributed by atoms with E-state index in [0.717, 1.165) is 18.4 Å². The molecule has 0 radical (unpaired) electrons. The van der Waals surface area contributed by atoms with Crippen LogP contribution in [0, 0.1) is 0 Å². The summed E-state index contributed by atoms with van der Waals surface area (Å²) in [5.74, 6) is 0.190. The summed E-state index contributed by atoms with van der Waals surface area (Å²) >= 11 is 5.84. The minimum atomic E-state index is -0.374. The van der Waals surface area contributed by atoms with Crippen LogP contribution in [0.15, 0.2) is 18.2 Å². The van der Waals surface area contributed by atoms with Crippen LogP contribution in [0.3, 0.4) is 0 Å². The van der Waals surface area contributed by atoms with Crippen LogP contribution in [0.2, 0.25) is 5.02 Å². The first-order valence-corrected chi connectivity index (χ1v) is 6.32. The van der Waals surface area contributed by atoms with Gasteiger partial charge in [-0.25, -0.2) is 4.79 Å². The number of carbonyl (C=O) groups is 1. The second kappa shape index (κ2) is 7.95. The standard InChI is InChI=1S/C13H18ClNO3/c1-2-3-6-17-13(16)9-18-12-5-4-11(14)7-10(12)8-15/h4-5,7H,2-3,6,8-9,15H2,1H3. The molecule has 1 aromatic rings. The monoisotopic (exact) mass is 271 g/mol. The molecule has 100 valence electrons. The largest absolute Gasteiger partial charge is 0.482 e. The molecule has 1 aromatic carbocycles. The lowest BCUT2D eigenvalue weighted by molar-refractivity contribution is -0.146. The second-order valence-corrected chi connectivity index (χ2v) is 4.26. The topological polar surface area (TPSA) is 61.5 Å². The first kappa shape index (κ1) is 14.8. The molecule has 0 heterocycles. The average molecular weight is 272 g/mol. The summed E-state index contributed by atoms with van der Waals surface area (Å²) in [6, 6.07) is 5.11. The van der Waals surface area contributed by atoms with E-state index in [2.05, 4.69) is 0 Å². The van der Waals surface area contributed by atoms with Crippen molar-refractivity contribution < 1.29 is 14.3 Å². The molecule has 0 bridgehead atoms. The Kier molecular flexibility index (Phi) is 6.54. The zero-order valence-corrected chi connectivity index (χ0v) is 11.2. The smallest absolute Gasteiger partial charge is 0.344 e. The number of hydrogen-bond donors (Lipinski definition) is 1. The maximum atomic E-state index is 11.4. The van der Waals surface area contributed by atoms with Crippen molar-refractivity contribution in [2.45, 2.75) is 26.3 Å². The third kappa shape index (κ3) is 4.94. The Bertz CT molecular complexity index is 396. The highest BCUT2D eigenvalue weighted by atomic mass is 35.5. The van der Waals surface area contributed by atoms with Crippen LogP contribution in [-0.2, 0) is 16.1 Å². The molecule has 0 amide bonds. The van der Waals surface area contributed by atoms with Gasteiger partial charge in [-0.1, -0.05) is 24.9 Å². The summed E-state index contributed by atoms with van der Waals surface area (Å²) in [4.78, 5) is 11.4. The molecule has 0 aromatic heterocycles. The number of nitrogens with two attached hydrogens (primary N) is 1. The summed E-state index contributed by atoms with van der Waals surface area (Å²) in [6.07, 6.45) is 1.85. The highest BCUT2D eigenvalue weighted by Crippen LogP contribution is 2.22. The Morgan fingerprint density at radius 2 is 2.22 bits per heavy atom. The highest BCUT2D eigenvalue weighted by Gasteiger charge is 2.07. The highest BCUT2D eigenvalue weighted by molar-refractivity contribution is 6.30. The lowest BCUT2D eigenvalue weighted by Gasteiger charge is -2.10. The zero-order valence-electron chi connectivity index (χ0n) is 10.4. The van der Waals surface area contributed by atoms with E-state index in [-0.39, 0.29) is 12.6 Å². The van der Waals surface area contributed by atoms with E-state index >= 15 is 0 Å². The molecule has 0 spiro atoms. The van der Waals surface area contributed by atoms with Crippen molar-refractivity contribution in [1.82, 2.24) is 0 Å². The van der Waals surface area contributed by atoms with Crippen LogP contribution in [0.25, 0.3) is 0 Å². The van der Waals surface area contributed by atoms with E-state index in [1.54, 1.807) is 18.2 Å². The van der Waals surface area contributed by atoms with E-state index in [1.807, 2.05) is 6.92 Å². The fourth-order valence-corrected chi connectivity index (χ4v) is 1.55. The van der Waals surface area contributed by atoms with E-state index in [4.69, 9.17) is 26.8 Å². The quantitative estimate of drug-likeness (QED) is 0.611. The number of hydrogen-bond acceptors (Lipinski definition) is 4. The van der Waals surface area contributed by atoms with Gasteiger partial charge < -0.3 is 15.2 Å². The second-order valence-electron chi connectivity index (χ2n) is 3.82. The van der Waals surface area contributed by atoms with Crippen molar-refractivity contribution in [1.29, 1.82) is 0 Å². The fraction of sp³-hybridized carbons (Fsp3) is 0.462. The molecule has 0 unspecified atom stereocenters. The van der Waals surface area contributed by atoms with Crippen molar-refractivity contribution in [3.63, 3.8) is 0 Å². The third-order valence-corrected chi connectivity index (χ3v) is 2.58. The molecule has 2 N–H and O–H groups in total. The van der Waals surface area contributed by atoms with Crippen molar-refractivity contribution in [2.75, 3.05) is 13.2 Å². The molecule has 0 aliphatic carbocycles. The van der Waals surface area contributed by atoms with Crippen LogP contribution >= 0.6 is 11.6 Å².